The van der Waals surface area contributed by atoms with Crippen LogP contribution in [0.1, 0.15) is 11.1 Å². The van der Waals surface area contributed by atoms with Gasteiger partial charge in [0, 0.05) is 17.1 Å². The third kappa shape index (κ3) is 2.40. The molecular formula is C32H21B2NO2. The molecule has 3 nitrogen and oxygen atoms in total. The highest BCUT2D eigenvalue weighted by atomic mass is 16.5. The predicted molar refractivity (Wildman–Crippen MR) is 153 cm³/mol. The summed E-state index contributed by atoms with van der Waals surface area (Å²) in [5.41, 5.74) is 13.8. The molecule has 0 bridgehead atoms. The van der Waals surface area contributed by atoms with Crippen LogP contribution in [-0.2, 0) is 0 Å². The molecule has 4 aliphatic rings. The second-order valence-corrected chi connectivity index (χ2v) is 10.7. The molecule has 5 heteroatoms. The number of benzene rings is 5. The molecule has 0 aliphatic carbocycles. The van der Waals surface area contributed by atoms with Crippen molar-refractivity contribution in [3.8, 4) is 23.0 Å². The van der Waals surface area contributed by atoms with E-state index in [0.29, 0.717) is 0 Å². The van der Waals surface area contributed by atoms with Gasteiger partial charge in [-0.3, -0.25) is 0 Å². The Labute approximate surface area is 216 Å². The Morgan fingerprint density at radius 1 is 0.514 bits per heavy atom. The van der Waals surface area contributed by atoms with Crippen molar-refractivity contribution >= 4 is 63.3 Å². The Hall–Kier alpha value is -4.37. The van der Waals surface area contributed by atoms with E-state index in [1.54, 1.807) is 0 Å². The first-order chi connectivity index (χ1) is 18.2. The molecule has 0 atom stereocenters. The number of aryl methyl sites for hydroxylation is 2. The molecule has 0 N–H and O–H groups in total. The molecule has 172 valence electrons. The molecule has 4 aliphatic heterocycles. The summed E-state index contributed by atoms with van der Waals surface area (Å²) in [6.45, 7) is 4.58. The molecule has 9 rings (SSSR count). The topological polar surface area (TPSA) is 21.7 Å². The Morgan fingerprint density at radius 2 is 1.00 bits per heavy atom. The van der Waals surface area contributed by atoms with Crippen LogP contribution in [0.3, 0.4) is 0 Å². The van der Waals surface area contributed by atoms with Crippen molar-refractivity contribution in [3.05, 3.63) is 102 Å². The maximum absolute atomic E-state index is 6.51. The maximum Gasteiger partial charge on any atom is 0.256 e. The van der Waals surface area contributed by atoms with E-state index in [2.05, 4.69) is 110 Å². The highest BCUT2D eigenvalue weighted by molar-refractivity contribution is 7.03. The standard InChI is InChI=1S/C32H21B2NO2/c1-18-12-14-26-22(16-18)33-20-6-3-7-21-32(20)35(24-8-4-10-28(36-26)30(24)33)25-9-5-11-29-31(25)34(21)23-17-19(2)13-15-27(23)37-29/h3-17H,1-2H3. The number of hydrogen-bond donors (Lipinski definition) is 0. The van der Waals surface area contributed by atoms with Gasteiger partial charge in [-0.25, -0.2) is 0 Å². The maximum atomic E-state index is 6.51. The quantitative estimate of drug-likeness (QED) is 0.314. The van der Waals surface area contributed by atoms with Crippen LogP contribution >= 0.6 is 0 Å². The normalized spacial score (nSPS) is 14.5. The summed E-state index contributed by atoms with van der Waals surface area (Å²) in [7, 11) is 0. The highest BCUT2D eigenvalue weighted by Crippen LogP contribution is 2.43. The summed E-state index contributed by atoms with van der Waals surface area (Å²) in [5, 5.41) is 0. The summed E-state index contributed by atoms with van der Waals surface area (Å²) in [6.07, 6.45) is 0. The Bertz CT molecular complexity index is 1720. The zero-order chi connectivity index (χ0) is 24.4. The van der Waals surface area contributed by atoms with Gasteiger partial charge in [-0.2, -0.15) is 0 Å². The van der Waals surface area contributed by atoms with Crippen molar-refractivity contribution in [3.63, 3.8) is 0 Å². The highest BCUT2D eigenvalue weighted by Gasteiger charge is 2.48. The lowest BCUT2D eigenvalue weighted by Gasteiger charge is -2.46. The molecular weight excluding hydrogens is 452 g/mol. The monoisotopic (exact) mass is 473 g/mol. The first-order valence-electron chi connectivity index (χ1n) is 12.9. The van der Waals surface area contributed by atoms with Crippen molar-refractivity contribution in [2.24, 2.45) is 0 Å². The molecule has 0 aromatic heterocycles. The van der Waals surface area contributed by atoms with E-state index >= 15 is 0 Å². The van der Waals surface area contributed by atoms with Gasteiger partial charge < -0.3 is 14.4 Å². The number of hydrogen-bond acceptors (Lipinski definition) is 3. The predicted octanol–water partition coefficient (Wildman–Crippen LogP) is 3.64. The van der Waals surface area contributed by atoms with Gasteiger partial charge in [-0.05, 0) is 83.0 Å². The molecule has 0 radical (unpaired) electrons. The van der Waals surface area contributed by atoms with Crippen LogP contribution in [0.5, 0.6) is 23.0 Å². The lowest BCUT2D eigenvalue weighted by molar-refractivity contribution is 0.487. The first kappa shape index (κ1) is 19.8. The van der Waals surface area contributed by atoms with Crippen LogP contribution in [0.4, 0.5) is 17.1 Å². The minimum absolute atomic E-state index is 0.127. The van der Waals surface area contributed by atoms with Crippen molar-refractivity contribution in [1.29, 1.82) is 0 Å². The van der Waals surface area contributed by atoms with Gasteiger partial charge in [0.05, 0.1) is 0 Å². The van der Waals surface area contributed by atoms with Crippen molar-refractivity contribution in [1.82, 2.24) is 0 Å². The number of fused-ring (bicyclic) bond motifs is 8. The fourth-order valence-corrected chi connectivity index (χ4v) is 7.05. The van der Waals surface area contributed by atoms with Gasteiger partial charge >= 0.3 is 0 Å². The van der Waals surface area contributed by atoms with Crippen molar-refractivity contribution < 1.29 is 9.47 Å². The van der Waals surface area contributed by atoms with E-state index in [4.69, 9.17) is 9.47 Å². The van der Waals surface area contributed by atoms with Gasteiger partial charge in [0.25, 0.3) is 13.4 Å². The zero-order valence-electron chi connectivity index (χ0n) is 20.6. The lowest BCUT2D eigenvalue weighted by atomic mass is 9.29. The molecule has 0 fully saturated rings. The van der Waals surface area contributed by atoms with Crippen LogP contribution in [0.25, 0.3) is 0 Å². The molecule has 0 spiro atoms. The Morgan fingerprint density at radius 3 is 1.51 bits per heavy atom. The third-order valence-electron chi connectivity index (χ3n) is 8.48. The summed E-state index contributed by atoms with van der Waals surface area (Å²) in [5.74, 6) is 3.80. The van der Waals surface area contributed by atoms with E-state index in [1.165, 1.54) is 61.0 Å². The van der Waals surface area contributed by atoms with Crippen LogP contribution in [-0.4, -0.2) is 13.4 Å². The number of nitrogens with zero attached hydrogens (tertiary/aromatic N) is 1. The van der Waals surface area contributed by atoms with E-state index in [-0.39, 0.29) is 13.4 Å². The largest absolute Gasteiger partial charge is 0.458 e. The van der Waals surface area contributed by atoms with Crippen LogP contribution in [0.15, 0.2) is 91.0 Å². The zero-order valence-corrected chi connectivity index (χ0v) is 20.6. The minimum Gasteiger partial charge on any atom is -0.458 e. The summed E-state index contributed by atoms with van der Waals surface area (Å²) in [6, 6.07) is 33.0. The van der Waals surface area contributed by atoms with E-state index in [0.717, 1.165) is 23.0 Å². The van der Waals surface area contributed by atoms with Crippen LogP contribution in [0, 0.1) is 13.8 Å². The molecule has 5 aromatic rings. The Kier molecular flexibility index (Phi) is 3.57. The SMILES string of the molecule is Cc1ccc2c(c1)B1c3cccc4c3N(c3cccc(c31)O2)c1cccc2c1B4c1cc(C)ccc1O2. The fourth-order valence-electron chi connectivity index (χ4n) is 7.05. The van der Waals surface area contributed by atoms with Gasteiger partial charge in [-0.15, -0.1) is 0 Å². The average molecular weight is 473 g/mol. The number of anilines is 3. The van der Waals surface area contributed by atoms with E-state index in [1.807, 2.05) is 0 Å². The van der Waals surface area contributed by atoms with E-state index < -0.39 is 0 Å². The van der Waals surface area contributed by atoms with Gasteiger partial charge in [0.15, 0.2) is 0 Å². The lowest BCUT2D eigenvalue weighted by Crippen LogP contribution is -2.66. The second kappa shape index (κ2) is 6.68. The summed E-state index contributed by atoms with van der Waals surface area (Å²) in [4.78, 5) is 2.46. The molecule has 37 heavy (non-hydrogen) atoms. The van der Waals surface area contributed by atoms with Crippen LogP contribution in [0.2, 0.25) is 0 Å². The minimum atomic E-state index is 0.127. The number of para-hydroxylation sites is 1. The molecule has 4 heterocycles. The van der Waals surface area contributed by atoms with E-state index in [9.17, 15) is 0 Å². The van der Waals surface area contributed by atoms with Gasteiger partial charge in [0.2, 0.25) is 0 Å². The van der Waals surface area contributed by atoms with Gasteiger partial charge in [-0.1, -0.05) is 65.7 Å². The van der Waals surface area contributed by atoms with Crippen molar-refractivity contribution in [2.45, 2.75) is 13.8 Å². The summed E-state index contributed by atoms with van der Waals surface area (Å²) >= 11 is 0. The molecule has 0 saturated heterocycles. The van der Waals surface area contributed by atoms with Crippen molar-refractivity contribution in [2.75, 3.05) is 4.90 Å². The first-order valence-corrected chi connectivity index (χ1v) is 12.9. The number of ether oxygens (including phenoxy) is 2. The average Bonchev–Trinajstić information content (AvgIpc) is 2.92. The second-order valence-electron chi connectivity index (χ2n) is 10.7. The molecule has 0 unspecified atom stereocenters. The smallest absolute Gasteiger partial charge is 0.256 e. The Balaban J connectivity index is 1.42. The third-order valence-corrected chi connectivity index (χ3v) is 8.48. The molecule has 0 amide bonds. The molecule has 0 saturated carbocycles. The molecule has 5 aromatic carbocycles. The van der Waals surface area contributed by atoms with Crippen LogP contribution < -0.4 is 47.2 Å². The fraction of sp³-hybridized carbons (Fsp3) is 0.0625. The summed E-state index contributed by atoms with van der Waals surface area (Å²) < 4.78 is 13.0. The number of rotatable bonds is 0. The van der Waals surface area contributed by atoms with Gasteiger partial charge in [0.1, 0.15) is 23.0 Å².